The fourth-order valence-corrected chi connectivity index (χ4v) is 3.01. The van der Waals surface area contributed by atoms with Gasteiger partial charge in [-0.15, -0.1) is 12.4 Å². The molecule has 8 heteroatoms. The molecule has 1 atom stereocenters. The maximum atomic E-state index is 13.3. The first-order chi connectivity index (χ1) is 11.4. The van der Waals surface area contributed by atoms with Crippen LogP contribution in [-0.2, 0) is 12.7 Å². The van der Waals surface area contributed by atoms with Gasteiger partial charge in [-0.05, 0) is 29.3 Å². The van der Waals surface area contributed by atoms with E-state index in [0.29, 0.717) is 25.7 Å². The summed E-state index contributed by atoms with van der Waals surface area (Å²) in [5.41, 5.74) is 0.117. The summed E-state index contributed by atoms with van der Waals surface area (Å²) < 4.78 is 52.9. The molecule has 1 aliphatic heterocycles. The van der Waals surface area contributed by atoms with Crippen LogP contribution in [0.4, 0.5) is 17.6 Å². The number of piperazine rings is 1. The minimum Gasteiger partial charge on any atom is -0.314 e. The predicted octanol–water partition coefficient (Wildman–Crippen LogP) is 3.81. The van der Waals surface area contributed by atoms with E-state index in [1.807, 2.05) is 11.0 Å². The van der Waals surface area contributed by atoms with Crippen molar-refractivity contribution in [2.24, 2.45) is 0 Å². The smallest absolute Gasteiger partial charge is 0.314 e. The summed E-state index contributed by atoms with van der Waals surface area (Å²) in [6.07, 6.45) is -1.19. The Morgan fingerprint density at radius 3 is 2.72 bits per heavy atom. The van der Waals surface area contributed by atoms with Crippen molar-refractivity contribution in [2.75, 3.05) is 19.6 Å². The second-order valence-electron chi connectivity index (χ2n) is 5.78. The largest absolute Gasteiger partial charge is 0.416 e. The van der Waals surface area contributed by atoms with Crippen LogP contribution in [0.1, 0.15) is 22.7 Å². The standard InChI is InChI=1S/C17H17F4N3.ClH/c18-14-4-3-13(15(8-14)17(19,20)21)11-24-7-6-23-10-16(24)12-2-1-5-22-9-12;/h1-5,8-9,16,23H,6-7,10-11H2;1H. The van der Waals surface area contributed by atoms with Crippen LogP contribution in [0.15, 0.2) is 42.7 Å². The Morgan fingerprint density at radius 1 is 1.24 bits per heavy atom. The zero-order chi connectivity index (χ0) is 17.2. The van der Waals surface area contributed by atoms with Crippen molar-refractivity contribution >= 4 is 12.4 Å². The molecule has 1 aromatic heterocycles. The SMILES string of the molecule is Cl.Fc1ccc(CN2CCNCC2c2cccnc2)c(C(F)(F)F)c1. The first kappa shape index (κ1) is 19.6. The van der Waals surface area contributed by atoms with Gasteiger partial charge >= 0.3 is 6.18 Å². The highest BCUT2D eigenvalue weighted by Gasteiger charge is 2.35. The molecule has 3 rings (SSSR count). The highest BCUT2D eigenvalue weighted by Crippen LogP contribution is 2.34. The van der Waals surface area contributed by atoms with Crippen molar-refractivity contribution in [3.8, 4) is 0 Å². The Morgan fingerprint density at radius 2 is 2.04 bits per heavy atom. The fourth-order valence-electron chi connectivity index (χ4n) is 3.01. The molecule has 2 aromatic rings. The second kappa shape index (κ2) is 8.12. The van der Waals surface area contributed by atoms with Crippen LogP contribution in [-0.4, -0.2) is 29.5 Å². The van der Waals surface area contributed by atoms with Crippen LogP contribution in [0.5, 0.6) is 0 Å². The number of hydrogen-bond donors (Lipinski definition) is 1. The van der Waals surface area contributed by atoms with Crippen LogP contribution in [0.2, 0.25) is 0 Å². The number of rotatable bonds is 3. The van der Waals surface area contributed by atoms with E-state index >= 15 is 0 Å². The van der Waals surface area contributed by atoms with Gasteiger partial charge in [-0.3, -0.25) is 9.88 Å². The summed E-state index contributed by atoms with van der Waals surface area (Å²) in [6, 6.07) is 6.51. The molecule has 0 aliphatic carbocycles. The van der Waals surface area contributed by atoms with E-state index in [1.165, 1.54) is 6.07 Å². The average Bonchev–Trinajstić information content (AvgIpc) is 2.57. The highest BCUT2D eigenvalue weighted by molar-refractivity contribution is 5.85. The quantitative estimate of drug-likeness (QED) is 0.827. The van der Waals surface area contributed by atoms with Gasteiger partial charge in [0.25, 0.3) is 0 Å². The van der Waals surface area contributed by atoms with Gasteiger partial charge in [-0.2, -0.15) is 13.2 Å². The van der Waals surface area contributed by atoms with Gasteiger partial charge < -0.3 is 5.32 Å². The van der Waals surface area contributed by atoms with Crippen molar-refractivity contribution in [1.29, 1.82) is 0 Å². The van der Waals surface area contributed by atoms with E-state index in [1.54, 1.807) is 18.5 Å². The number of hydrogen-bond acceptors (Lipinski definition) is 3. The van der Waals surface area contributed by atoms with Gasteiger partial charge in [0.15, 0.2) is 0 Å². The molecule has 0 saturated carbocycles. The molecule has 1 fully saturated rings. The van der Waals surface area contributed by atoms with Gasteiger partial charge in [-0.1, -0.05) is 12.1 Å². The Hall–Kier alpha value is -1.70. The molecule has 1 aliphatic rings. The normalized spacial score (nSPS) is 18.6. The number of nitrogens with one attached hydrogen (secondary N) is 1. The molecule has 0 radical (unpaired) electrons. The molecule has 0 amide bonds. The van der Waals surface area contributed by atoms with Crippen LogP contribution in [0, 0.1) is 5.82 Å². The van der Waals surface area contributed by atoms with Crippen molar-refractivity contribution in [1.82, 2.24) is 15.2 Å². The molecule has 1 aromatic carbocycles. The maximum absolute atomic E-state index is 13.3. The lowest BCUT2D eigenvalue weighted by Crippen LogP contribution is -2.45. The summed E-state index contributed by atoms with van der Waals surface area (Å²) in [5, 5.41) is 3.25. The van der Waals surface area contributed by atoms with Gasteiger partial charge in [0.05, 0.1) is 5.56 Å². The summed E-state index contributed by atoms with van der Waals surface area (Å²) in [7, 11) is 0. The molecular weight excluding hydrogens is 358 g/mol. The van der Waals surface area contributed by atoms with Crippen LogP contribution < -0.4 is 5.32 Å². The Bertz CT molecular complexity index is 694. The molecule has 2 heterocycles. The molecule has 1 N–H and O–H groups in total. The third-order valence-corrected chi connectivity index (χ3v) is 4.17. The average molecular weight is 376 g/mol. The molecule has 1 unspecified atom stereocenters. The number of pyridine rings is 1. The lowest BCUT2D eigenvalue weighted by molar-refractivity contribution is -0.138. The maximum Gasteiger partial charge on any atom is 0.416 e. The molecule has 25 heavy (non-hydrogen) atoms. The summed E-state index contributed by atoms with van der Waals surface area (Å²) in [6.45, 7) is 2.04. The van der Waals surface area contributed by atoms with Crippen LogP contribution >= 0.6 is 12.4 Å². The van der Waals surface area contributed by atoms with E-state index in [2.05, 4.69) is 10.3 Å². The van der Waals surface area contributed by atoms with Crippen molar-refractivity contribution in [3.63, 3.8) is 0 Å². The summed E-state index contributed by atoms with van der Waals surface area (Å²) in [5.74, 6) is -0.879. The van der Waals surface area contributed by atoms with Crippen LogP contribution in [0.3, 0.4) is 0 Å². The van der Waals surface area contributed by atoms with Gasteiger partial charge in [0.2, 0.25) is 0 Å². The number of halogens is 5. The molecule has 0 bridgehead atoms. The molecule has 0 spiro atoms. The third-order valence-electron chi connectivity index (χ3n) is 4.17. The number of nitrogens with zero attached hydrogens (tertiary/aromatic N) is 2. The monoisotopic (exact) mass is 375 g/mol. The molecule has 1 saturated heterocycles. The number of benzene rings is 1. The van der Waals surface area contributed by atoms with Crippen molar-refractivity contribution in [2.45, 2.75) is 18.8 Å². The van der Waals surface area contributed by atoms with Gasteiger partial charge in [0, 0.05) is 44.6 Å². The van der Waals surface area contributed by atoms with E-state index in [9.17, 15) is 17.6 Å². The highest BCUT2D eigenvalue weighted by atomic mass is 35.5. The number of aromatic nitrogens is 1. The van der Waals surface area contributed by atoms with Gasteiger partial charge in [-0.25, -0.2) is 4.39 Å². The third kappa shape index (κ3) is 4.68. The fraction of sp³-hybridized carbons (Fsp3) is 0.353. The van der Waals surface area contributed by atoms with E-state index in [-0.39, 0.29) is 30.6 Å². The van der Waals surface area contributed by atoms with Gasteiger partial charge in [0.1, 0.15) is 5.82 Å². The Kier molecular flexibility index (Phi) is 6.37. The zero-order valence-electron chi connectivity index (χ0n) is 13.3. The van der Waals surface area contributed by atoms with E-state index < -0.39 is 17.6 Å². The molecule has 3 nitrogen and oxygen atoms in total. The summed E-state index contributed by atoms with van der Waals surface area (Å²) >= 11 is 0. The molecular formula is C17H18ClF4N3. The van der Waals surface area contributed by atoms with E-state index in [4.69, 9.17) is 0 Å². The Balaban J connectivity index is 0.00000225. The first-order valence-electron chi connectivity index (χ1n) is 7.65. The predicted molar refractivity (Wildman–Crippen MR) is 88.9 cm³/mol. The van der Waals surface area contributed by atoms with Crippen molar-refractivity contribution in [3.05, 3.63) is 65.2 Å². The Labute approximate surface area is 149 Å². The second-order valence-corrected chi connectivity index (χ2v) is 5.78. The first-order valence-corrected chi connectivity index (χ1v) is 7.65. The molecule has 136 valence electrons. The zero-order valence-corrected chi connectivity index (χ0v) is 14.1. The topological polar surface area (TPSA) is 28.2 Å². The number of alkyl halides is 3. The lowest BCUT2D eigenvalue weighted by Gasteiger charge is -2.36. The van der Waals surface area contributed by atoms with Crippen LogP contribution in [0.25, 0.3) is 0 Å². The van der Waals surface area contributed by atoms with Crippen molar-refractivity contribution < 1.29 is 17.6 Å². The lowest BCUT2D eigenvalue weighted by atomic mass is 10.0. The minimum atomic E-state index is -4.57. The summed E-state index contributed by atoms with van der Waals surface area (Å²) in [4.78, 5) is 6.05. The van der Waals surface area contributed by atoms with E-state index in [0.717, 1.165) is 11.6 Å². The minimum absolute atomic E-state index is 0.